The summed E-state index contributed by atoms with van der Waals surface area (Å²) < 4.78 is 32.6. The predicted octanol–water partition coefficient (Wildman–Crippen LogP) is 3.30. The summed E-state index contributed by atoms with van der Waals surface area (Å²) in [5.74, 6) is -1.92. The Labute approximate surface area is 167 Å². The fourth-order valence-electron chi connectivity index (χ4n) is 3.14. The number of hydrogen-bond acceptors (Lipinski definition) is 7. The van der Waals surface area contributed by atoms with Gasteiger partial charge in [-0.2, -0.15) is 0 Å². The molecule has 1 N–H and O–H groups in total. The number of alkyl halides is 3. The molecule has 0 aliphatic carbocycles. The third-order valence-electron chi connectivity index (χ3n) is 4.17. The highest BCUT2D eigenvalue weighted by atomic mass is 35.6. The summed E-state index contributed by atoms with van der Waals surface area (Å²) in [5.41, 5.74) is 0.795. The van der Waals surface area contributed by atoms with E-state index in [0.717, 1.165) is 5.57 Å². The highest BCUT2D eigenvalue weighted by Gasteiger charge is 2.55. The predicted molar refractivity (Wildman–Crippen MR) is 95.7 cm³/mol. The summed E-state index contributed by atoms with van der Waals surface area (Å²) in [5, 5.41) is 7.61. The molecule has 0 aromatic rings. The van der Waals surface area contributed by atoms with Crippen LogP contribution in [0, 0.1) is 5.41 Å². The maximum Gasteiger partial charge on any atom is 0.265 e. The minimum absolute atomic E-state index is 0.0198. The zero-order valence-corrected chi connectivity index (χ0v) is 17.2. The van der Waals surface area contributed by atoms with Crippen LogP contribution in [0.5, 0.6) is 0 Å². The molecule has 0 saturated carbocycles. The molecule has 0 spiro atoms. The van der Waals surface area contributed by atoms with Crippen LogP contribution >= 0.6 is 34.8 Å². The molecule has 0 aromatic heterocycles. The minimum Gasteiger partial charge on any atom is -0.474 e. The molecule has 0 amide bonds. The van der Waals surface area contributed by atoms with E-state index in [-0.39, 0.29) is 12.7 Å². The molecule has 3 aliphatic rings. The number of rotatable bonds is 3. The van der Waals surface area contributed by atoms with Crippen molar-refractivity contribution in [2.75, 3.05) is 13.2 Å². The van der Waals surface area contributed by atoms with E-state index in [0.29, 0.717) is 6.61 Å². The fourth-order valence-corrected chi connectivity index (χ4v) is 3.31. The molecule has 3 saturated heterocycles. The SMILES string of the molecule is CC1(C)OCC([C@H]2O[C@@H]3OC(C)(C)O[C@@H]3/C2=C\COC(=N)C(Cl)(Cl)Cl)O1. The first kappa shape index (κ1) is 20.6. The van der Waals surface area contributed by atoms with Crippen molar-refractivity contribution in [3.8, 4) is 0 Å². The van der Waals surface area contributed by atoms with Crippen molar-refractivity contribution < 1.29 is 28.4 Å². The van der Waals surface area contributed by atoms with Crippen molar-refractivity contribution in [2.45, 2.75) is 67.7 Å². The summed E-state index contributed by atoms with van der Waals surface area (Å²) in [4.78, 5) is 0. The van der Waals surface area contributed by atoms with E-state index in [2.05, 4.69) is 0 Å². The van der Waals surface area contributed by atoms with E-state index in [1.165, 1.54) is 0 Å². The van der Waals surface area contributed by atoms with Crippen LogP contribution in [0.2, 0.25) is 0 Å². The van der Waals surface area contributed by atoms with E-state index < -0.39 is 39.8 Å². The van der Waals surface area contributed by atoms with Crippen LogP contribution in [0.1, 0.15) is 27.7 Å². The molecule has 3 rings (SSSR count). The van der Waals surface area contributed by atoms with Gasteiger partial charge in [-0.25, -0.2) is 0 Å². The normalized spacial score (nSPS) is 37.1. The van der Waals surface area contributed by atoms with Gasteiger partial charge in [0.25, 0.3) is 3.79 Å². The van der Waals surface area contributed by atoms with Gasteiger partial charge in [0.05, 0.1) is 6.61 Å². The van der Waals surface area contributed by atoms with Gasteiger partial charge in [0, 0.05) is 0 Å². The molecule has 10 heteroatoms. The molecular weight excluding hydrogens is 409 g/mol. The van der Waals surface area contributed by atoms with Gasteiger partial charge in [-0.1, -0.05) is 34.8 Å². The highest BCUT2D eigenvalue weighted by molar-refractivity contribution is 6.76. The van der Waals surface area contributed by atoms with Gasteiger partial charge in [0.15, 0.2) is 17.9 Å². The highest BCUT2D eigenvalue weighted by Crippen LogP contribution is 2.43. The average Bonchev–Trinajstić information content (AvgIpc) is 3.08. The van der Waals surface area contributed by atoms with Crippen LogP contribution in [0.4, 0.5) is 0 Å². The second-order valence-corrected chi connectivity index (χ2v) is 9.47. The summed E-state index contributed by atoms with van der Waals surface area (Å²) >= 11 is 16.9. The summed E-state index contributed by atoms with van der Waals surface area (Å²) in [7, 11) is 0. The Morgan fingerprint density at radius 2 is 1.85 bits per heavy atom. The zero-order chi connectivity index (χ0) is 19.3. The Morgan fingerprint density at radius 3 is 2.42 bits per heavy atom. The molecule has 7 nitrogen and oxygen atoms in total. The lowest BCUT2D eigenvalue weighted by atomic mass is 10.0. The smallest absolute Gasteiger partial charge is 0.265 e. The number of hydrogen-bond donors (Lipinski definition) is 1. The maximum absolute atomic E-state index is 7.61. The number of ether oxygens (including phenoxy) is 6. The third kappa shape index (κ3) is 4.47. The standard InChI is InChI=1S/C16H22Cl3NO6/c1-14(2)22-7-9(24-14)10-8(5-6-21-13(20)16(17,18)19)11-12(23-10)26-15(3,4)25-11/h5,9-12,20H,6-7H2,1-4H3/b8-5-,20-13?/t9?,10-,11+,12+/m0/s1. The molecule has 3 fully saturated rings. The molecule has 0 radical (unpaired) electrons. The largest absolute Gasteiger partial charge is 0.474 e. The second-order valence-electron chi connectivity index (χ2n) is 7.19. The molecule has 26 heavy (non-hydrogen) atoms. The first-order valence-corrected chi connectivity index (χ1v) is 9.33. The number of halogens is 3. The maximum atomic E-state index is 7.61. The molecule has 148 valence electrons. The molecule has 0 bridgehead atoms. The molecule has 0 aromatic carbocycles. The minimum atomic E-state index is -1.91. The third-order valence-corrected chi connectivity index (χ3v) is 4.68. The van der Waals surface area contributed by atoms with Gasteiger partial charge < -0.3 is 28.4 Å². The Hall–Kier alpha value is -0.120. The quantitative estimate of drug-likeness (QED) is 0.320. The van der Waals surface area contributed by atoms with Crippen molar-refractivity contribution in [1.82, 2.24) is 0 Å². The summed E-state index contributed by atoms with van der Waals surface area (Å²) in [6, 6.07) is 0. The molecule has 3 aliphatic heterocycles. The molecule has 1 unspecified atom stereocenters. The van der Waals surface area contributed by atoms with E-state index in [1.807, 2.05) is 27.7 Å². The van der Waals surface area contributed by atoms with Crippen LogP contribution in [0.3, 0.4) is 0 Å². The van der Waals surface area contributed by atoms with Gasteiger partial charge >= 0.3 is 0 Å². The monoisotopic (exact) mass is 429 g/mol. The lowest BCUT2D eigenvalue weighted by Gasteiger charge is -2.25. The second kappa shape index (κ2) is 7.04. The summed E-state index contributed by atoms with van der Waals surface area (Å²) in [6.07, 6.45) is 0.0481. The molecule has 3 heterocycles. The van der Waals surface area contributed by atoms with Crippen LogP contribution in [0.15, 0.2) is 11.6 Å². The van der Waals surface area contributed by atoms with Crippen molar-refractivity contribution in [2.24, 2.45) is 0 Å². The van der Waals surface area contributed by atoms with Crippen molar-refractivity contribution >= 4 is 40.7 Å². The van der Waals surface area contributed by atoms with E-state index in [1.54, 1.807) is 6.08 Å². The fraction of sp³-hybridized carbons (Fsp3) is 0.812. The van der Waals surface area contributed by atoms with Gasteiger partial charge in [0.2, 0.25) is 5.90 Å². The van der Waals surface area contributed by atoms with Crippen LogP contribution < -0.4 is 0 Å². The van der Waals surface area contributed by atoms with Crippen molar-refractivity contribution in [1.29, 1.82) is 5.41 Å². The summed E-state index contributed by atoms with van der Waals surface area (Å²) in [6.45, 7) is 7.71. The Kier molecular flexibility index (Phi) is 5.58. The molecule has 4 atom stereocenters. The van der Waals surface area contributed by atoms with E-state index in [9.17, 15) is 0 Å². The van der Waals surface area contributed by atoms with Crippen LogP contribution in [-0.2, 0) is 28.4 Å². The molecular formula is C16H22Cl3NO6. The topological polar surface area (TPSA) is 79.2 Å². The lowest BCUT2D eigenvalue weighted by Crippen LogP contribution is -2.35. The van der Waals surface area contributed by atoms with Gasteiger partial charge in [-0.15, -0.1) is 0 Å². The van der Waals surface area contributed by atoms with Crippen LogP contribution in [0.25, 0.3) is 0 Å². The first-order valence-electron chi connectivity index (χ1n) is 8.19. The van der Waals surface area contributed by atoms with Gasteiger partial charge in [0.1, 0.15) is 24.9 Å². The van der Waals surface area contributed by atoms with Crippen LogP contribution in [-0.4, -0.2) is 59.1 Å². The number of fused-ring (bicyclic) bond motifs is 1. The zero-order valence-electron chi connectivity index (χ0n) is 14.9. The Morgan fingerprint density at radius 1 is 1.15 bits per heavy atom. The van der Waals surface area contributed by atoms with Gasteiger partial charge in [-0.05, 0) is 39.3 Å². The Balaban J connectivity index is 1.75. The van der Waals surface area contributed by atoms with E-state index in [4.69, 9.17) is 68.6 Å². The van der Waals surface area contributed by atoms with E-state index >= 15 is 0 Å². The van der Waals surface area contributed by atoms with Gasteiger partial charge in [-0.3, -0.25) is 5.41 Å². The number of nitrogens with one attached hydrogen (secondary N) is 1. The van der Waals surface area contributed by atoms with Crippen molar-refractivity contribution in [3.05, 3.63) is 11.6 Å². The Bertz CT molecular complexity index is 603. The average molecular weight is 431 g/mol. The lowest BCUT2D eigenvalue weighted by molar-refractivity contribution is -0.215. The van der Waals surface area contributed by atoms with Crippen molar-refractivity contribution in [3.63, 3.8) is 0 Å². The first-order chi connectivity index (χ1) is 11.9.